The lowest BCUT2D eigenvalue weighted by atomic mass is 9.94. The number of fused-ring (bicyclic) bond motifs is 6. The van der Waals surface area contributed by atoms with E-state index in [0.717, 1.165) is 54.3 Å². The van der Waals surface area contributed by atoms with Gasteiger partial charge in [0.05, 0.1) is 11.0 Å². The van der Waals surface area contributed by atoms with Gasteiger partial charge in [-0.05, 0) is 47.5 Å². The van der Waals surface area contributed by atoms with Gasteiger partial charge in [0.15, 0.2) is 17.5 Å². The maximum atomic E-state index is 5.13. The van der Waals surface area contributed by atoms with Gasteiger partial charge in [-0.15, -0.1) is 11.3 Å². The number of benzene rings is 5. The monoisotopic (exact) mass is 593 g/mol. The predicted octanol–water partition coefficient (Wildman–Crippen LogP) is 10.0. The summed E-state index contributed by atoms with van der Waals surface area (Å²) in [6.45, 7) is 0. The normalized spacial score (nSPS) is 11.6. The van der Waals surface area contributed by atoms with Crippen LogP contribution in [-0.4, -0.2) is 24.9 Å². The number of hydrogen-bond acceptors (Lipinski definition) is 6. The van der Waals surface area contributed by atoms with E-state index in [4.69, 9.17) is 19.9 Å². The third-order valence-corrected chi connectivity index (χ3v) is 9.41. The van der Waals surface area contributed by atoms with Crippen LogP contribution in [0.15, 0.2) is 140 Å². The second-order valence-electron chi connectivity index (χ2n) is 10.9. The van der Waals surface area contributed by atoms with Gasteiger partial charge in [-0.25, -0.2) is 15.0 Å². The molecule has 9 aromatic rings. The first-order valence-corrected chi connectivity index (χ1v) is 15.6. The quantitative estimate of drug-likeness (QED) is 0.190. The highest BCUT2D eigenvalue weighted by molar-refractivity contribution is 7.26. The van der Waals surface area contributed by atoms with Crippen molar-refractivity contribution in [2.75, 3.05) is 0 Å². The van der Waals surface area contributed by atoms with E-state index in [1.165, 1.54) is 15.5 Å². The van der Waals surface area contributed by atoms with Crippen molar-refractivity contribution in [3.05, 3.63) is 140 Å². The molecule has 210 valence electrons. The van der Waals surface area contributed by atoms with Crippen LogP contribution in [0.1, 0.15) is 0 Å². The molecule has 0 saturated carbocycles. The van der Waals surface area contributed by atoms with E-state index in [1.807, 2.05) is 85.2 Å². The molecule has 6 heteroatoms. The summed E-state index contributed by atoms with van der Waals surface area (Å²) in [7, 11) is 0. The molecule has 9 rings (SSSR count). The summed E-state index contributed by atoms with van der Waals surface area (Å²) in [5.41, 5.74) is 6.83. The largest absolute Gasteiger partial charge is 0.254 e. The fraction of sp³-hybridized carbons (Fsp3) is 0. The number of pyridine rings is 2. The zero-order valence-electron chi connectivity index (χ0n) is 23.9. The Bertz CT molecular complexity index is 2480. The Labute approximate surface area is 262 Å². The first-order chi connectivity index (χ1) is 22.3. The highest BCUT2D eigenvalue weighted by Crippen LogP contribution is 2.44. The average molecular weight is 594 g/mol. The summed E-state index contributed by atoms with van der Waals surface area (Å²) >= 11 is 1.77. The molecule has 45 heavy (non-hydrogen) atoms. The third kappa shape index (κ3) is 4.34. The summed E-state index contributed by atoms with van der Waals surface area (Å²) in [5, 5.41) is 4.49. The number of aromatic nitrogens is 5. The van der Waals surface area contributed by atoms with E-state index >= 15 is 0 Å². The summed E-state index contributed by atoms with van der Waals surface area (Å²) in [5.74, 6) is 1.93. The number of rotatable bonds is 4. The van der Waals surface area contributed by atoms with Crippen molar-refractivity contribution in [1.82, 2.24) is 24.9 Å². The minimum atomic E-state index is 0.644. The first kappa shape index (κ1) is 25.6. The van der Waals surface area contributed by atoms with Crippen molar-refractivity contribution < 1.29 is 0 Å². The van der Waals surface area contributed by atoms with Crippen LogP contribution < -0.4 is 0 Å². The molecule has 0 fully saturated rings. The van der Waals surface area contributed by atoms with E-state index in [-0.39, 0.29) is 0 Å². The summed E-state index contributed by atoms with van der Waals surface area (Å²) in [4.78, 5) is 24.7. The van der Waals surface area contributed by atoms with E-state index in [0.29, 0.717) is 17.5 Å². The lowest BCUT2D eigenvalue weighted by Crippen LogP contribution is -2.00. The summed E-state index contributed by atoms with van der Waals surface area (Å²) < 4.78 is 2.37. The van der Waals surface area contributed by atoms with Gasteiger partial charge in [0.25, 0.3) is 0 Å². The van der Waals surface area contributed by atoms with Crippen molar-refractivity contribution in [1.29, 1.82) is 0 Å². The molecule has 0 bridgehead atoms. The molecule has 0 aliphatic heterocycles. The fourth-order valence-electron chi connectivity index (χ4n) is 6.09. The molecule has 0 amide bonds. The third-order valence-electron chi connectivity index (χ3n) is 8.19. The molecule has 0 saturated heterocycles. The van der Waals surface area contributed by atoms with Gasteiger partial charge in [-0.3, -0.25) is 9.97 Å². The zero-order chi connectivity index (χ0) is 29.7. The van der Waals surface area contributed by atoms with Crippen molar-refractivity contribution in [2.45, 2.75) is 0 Å². The van der Waals surface area contributed by atoms with Gasteiger partial charge in [0.2, 0.25) is 0 Å². The smallest absolute Gasteiger partial charge is 0.165 e. The van der Waals surface area contributed by atoms with Crippen LogP contribution in [0.3, 0.4) is 0 Å². The molecule has 0 N–H and O–H groups in total. The van der Waals surface area contributed by atoms with E-state index in [1.54, 1.807) is 11.3 Å². The van der Waals surface area contributed by atoms with Crippen LogP contribution in [0, 0.1) is 0 Å². The minimum absolute atomic E-state index is 0.644. The van der Waals surface area contributed by atoms with Crippen LogP contribution in [0.2, 0.25) is 0 Å². The Morgan fingerprint density at radius 3 is 1.80 bits per heavy atom. The Balaban J connectivity index is 1.38. The van der Waals surface area contributed by atoms with Crippen molar-refractivity contribution in [2.24, 2.45) is 0 Å². The average Bonchev–Trinajstić information content (AvgIpc) is 3.50. The molecule has 0 unspecified atom stereocenters. The molecule has 5 aromatic carbocycles. The second kappa shape index (κ2) is 10.4. The Hall–Kier alpha value is -5.85. The maximum Gasteiger partial charge on any atom is 0.165 e. The second-order valence-corrected chi connectivity index (χ2v) is 12.0. The van der Waals surface area contributed by atoms with E-state index in [9.17, 15) is 0 Å². The van der Waals surface area contributed by atoms with E-state index in [2.05, 4.69) is 59.6 Å². The van der Waals surface area contributed by atoms with Gasteiger partial charge in [-0.2, -0.15) is 0 Å². The van der Waals surface area contributed by atoms with Gasteiger partial charge in [-0.1, -0.05) is 91.0 Å². The van der Waals surface area contributed by atoms with Crippen molar-refractivity contribution in [3.63, 3.8) is 0 Å². The van der Waals surface area contributed by atoms with Crippen LogP contribution in [0.5, 0.6) is 0 Å². The van der Waals surface area contributed by atoms with Crippen LogP contribution >= 0.6 is 11.3 Å². The molecular weight excluding hydrogens is 571 g/mol. The van der Waals surface area contributed by atoms with Crippen molar-refractivity contribution in [3.8, 4) is 45.3 Å². The van der Waals surface area contributed by atoms with E-state index < -0.39 is 0 Å². The standard InChI is InChI=1S/C39H23N5S/c1-3-11-24(12-4-1)37-42-38(25-13-5-2-6-14-25)44-39(43-37)32-23-27(22-31-28-16-7-8-18-33(28)45-36(31)32)30-21-26-15-9-19-40-34(26)35-29(30)17-10-20-41-35/h1-23H. The Kier molecular flexibility index (Phi) is 5.92. The van der Waals surface area contributed by atoms with Gasteiger partial charge < -0.3 is 0 Å². The Morgan fingerprint density at radius 2 is 1.04 bits per heavy atom. The SMILES string of the molecule is c1ccc(-c2nc(-c3ccccc3)nc(-c3cc(-c4cc5cccnc5c5ncccc45)cc4c3sc3ccccc34)n2)cc1. The van der Waals surface area contributed by atoms with Crippen LogP contribution in [-0.2, 0) is 0 Å². The Morgan fingerprint density at radius 1 is 0.422 bits per heavy atom. The molecule has 4 heterocycles. The number of nitrogens with zero attached hydrogens (tertiary/aromatic N) is 5. The molecular formula is C39H23N5S. The van der Waals surface area contributed by atoms with Crippen molar-refractivity contribution >= 4 is 53.3 Å². The number of hydrogen-bond donors (Lipinski definition) is 0. The summed E-state index contributed by atoms with van der Waals surface area (Å²) in [6, 6.07) is 43.8. The molecule has 0 aliphatic rings. The first-order valence-electron chi connectivity index (χ1n) is 14.8. The highest BCUT2D eigenvalue weighted by atomic mass is 32.1. The molecule has 4 aromatic heterocycles. The molecule has 0 spiro atoms. The summed E-state index contributed by atoms with van der Waals surface area (Å²) in [6.07, 6.45) is 3.66. The van der Waals surface area contributed by atoms with Gasteiger partial charge in [0, 0.05) is 60.0 Å². The minimum Gasteiger partial charge on any atom is -0.254 e. The lowest BCUT2D eigenvalue weighted by Gasteiger charge is -2.13. The highest BCUT2D eigenvalue weighted by Gasteiger charge is 2.20. The van der Waals surface area contributed by atoms with Crippen LogP contribution in [0.4, 0.5) is 0 Å². The van der Waals surface area contributed by atoms with Crippen LogP contribution in [0.25, 0.3) is 87.3 Å². The van der Waals surface area contributed by atoms with Gasteiger partial charge in [0.1, 0.15) is 0 Å². The molecule has 0 atom stereocenters. The maximum absolute atomic E-state index is 5.13. The topological polar surface area (TPSA) is 64.5 Å². The predicted molar refractivity (Wildman–Crippen MR) is 185 cm³/mol. The number of thiophene rings is 1. The lowest BCUT2D eigenvalue weighted by molar-refractivity contribution is 1.08. The van der Waals surface area contributed by atoms with Gasteiger partial charge >= 0.3 is 0 Å². The fourth-order valence-corrected chi connectivity index (χ4v) is 7.29. The zero-order valence-corrected chi connectivity index (χ0v) is 24.7. The molecule has 0 radical (unpaired) electrons. The molecule has 0 aliphatic carbocycles. The molecule has 5 nitrogen and oxygen atoms in total.